The molecule has 3 N–H and O–H groups in total. The Bertz CT molecular complexity index is 253. The fourth-order valence-electron chi connectivity index (χ4n) is 2.93. The first kappa shape index (κ1) is 16.8. The fourth-order valence-corrected chi connectivity index (χ4v) is 3.43. The summed E-state index contributed by atoms with van der Waals surface area (Å²) in [6.45, 7) is 1.49. The van der Waals surface area contributed by atoms with Crippen LogP contribution >= 0.6 is 11.8 Å². The highest BCUT2D eigenvalue weighted by atomic mass is 32.2. The van der Waals surface area contributed by atoms with E-state index in [1.165, 1.54) is 37.9 Å². The third kappa shape index (κ3) is 6.66. The zero-order chi connectivity index (χ0) is 14.0. The molecule has 0 spiro atoms. The molecule has 1 rings (SSSR count). The molecule has 0 atom stereocenters. The smallest absolute Gasteiger partial charge is 0.220 e. The lowest BCUT2D eigenvalue weighted by atomic mass is 9.71. The Morgan fingerprint density at radius 2 is 1.95 bits per heavy atom. The summed E-state index contributed by atoms with van der Waals surface area (Å²) in [7, 11) is 0. The molecule has 1 aliphatic rings. The SMILES string of the molecule is CSCCCCCNC(=O)CC1(CN)CCCCC1. The first-order chi connectivity index (χ1) is 9.22. The molecule has 0 saturated heterocycles. The third-order valence-corrected chi connectivity index (χ3v) is 4.93. The molecule has 3 nitrogen and oxygen atoms in total. The quantitative estimate of drug-likeness (QED) is 0.641. The second-order valence-electron chi connectivity index (χ2n) is 5.84. The molecule has 0 aliphatic heterocycles. The van der Waals surface area contributed by atoms with E-state index in [1.807, 2.05) is 11.8 Å². The van der Waals surface area contributed by atoms with Gasteiger partial charge in [0.05, 0.1) is 0 Å². The monoisotopic (exact) mass is 286 g/mol. The van der Waals surface area contributed by atoms with Gasteiger partial charge >= 0.3 is 0 Å². The van der Waals surface area contributed by atoms with Crippen LogP contribution in [0.5, 0.6) is 0 Å². The lowest BCUT2D eigenvalue weighted by molar-refractivity contribution is -0.123. The lowest BCUT2D eigenvalue weighted by Gasteiger charge is -2.35. The van der Waals surface area contributed by atoms with E-state index < -0.39 is 0 Å². The lowest BCUT2D eigenvalue weighted by Crippen LogP contribution is -2.38. The van der Waals surface area contributed by atoms with Crippen LogP contribution in [-0.4, -0.2) is 31.0 Å². The average molecular weight is 286 g/mol. The second kappa shape index (κ2) is 9.65. The van der Waals surface area contributed by atoms with Gasteiger partial charge in [0, 0.05) is 13.0 Å². The number of hydrogen-bond acceptors (Lipinski definition) is 3. The Labute approximate surface area is 122 Å². The van der Waals surface area contributed by atoms with Gasteiger partial charge in [-0.25, -0.2) is 0 Å². The van der Waals surface area contributed by atoms with Gasteiger partial charge in [-0.2, -0.15) is 11.8 Å². The van der Waals surface area contributed by atoms with Crippen LogP contribution < -0.4 is 11.1 Å². The predicted molar refractivity (Wildman–Crippen MR) is 84.4 cm³/mol. The Balaban J connectivity index is 2.15. The van der Waals surface area contributed by atoms with Gasteiger partial charge in [0.2, 0.25) is 5.91 Å². The number of unbranched alkanes of at least 4 members (excludes halogenated alkanes) is 2. The highest BCUT2D eigenvalue weighted by Gasteiger charge is 2.32. The van der Waals surface area contributed by atoms with Crippen LogP contribution in [-0.2, 0) is 4.79 Å². The van der Waals surface area contributed by atoms with E-state index in [9.17, 15) is 4.79 Å². The van der Waals surface area contributed by atoms with Crippen molar-refractivity contribution in [2.45, 2.75) is 57.8 Å². The average Bonchev–Trinajstić information content (AvgIpc) is 2.43. The predicted octanol–water partition coefficient (Wildman–Crippen LogP) is 2.94. The Morgan fingerprint density at radius 1 is 1.21 bits per heavy atom. The maximum absolute atomic E-state index is 12.0. The molecule has 0 unspecified atom stereocenters. The molecule has 0 aromatic carbocycles. The van der Waals surface area contributed by atoms with Gasteiger partial charge in [-0.3, -0.25) is 4.79 Å². The Hall–Kier alpha value is -0.220. The summed E-state index contributed by atoms with van der Waals surface area (Å²) in [5.74, 6) is 1.43. The number of nitrogens with two attached hydrogens (primary N) is 1. The number of hydrogen-bond donors (Lipinski definition) is 2. The van der Waals surface area contributed by atoms with E-state index >= 15 is 0 Å². The van der Waals surface area contributed by atoms with E-state index in [-0.39, 0.29) is 11.3 Å². The maximum atomic E-state index is 12.0. The molecule has 1 amide bonds. The number of thioether (sulfide) groups is 1. The second-order valence-corrected chi connectivity index (χ2v) is 6.83. The summed E-state index contributed by atoms with van der Waals surface area (Å²) in [6.07, 6.45) is 12.4. The number of nitrogens with one attached hydrogen (secondary N) is 1. The van der Waals surface area contributed by atoms with Crippen molar-refractivity contribution in [3.63, 3.8) is 0 Å². The van der Waals surface area contributed by atoms with E-state index in [0.717, 1.165) is 25.8 Å². The number of rotatable bonds is 9. The van der Waals surface area contributed by atoms with Gasteiger partial charge < -0.3 is 11.1 Å². The van der Waals surface area contributed by atoms with Crippen LogP contribution in [0.3, 0.4) is 0 Å². The molecule has 1 aliphatic carbocycles. The first-order valence-corrected chi connectivity index (χ1v) is 9.07. The van der Waals surface area contributed by atoms with Gasteiger partial charge in [-0.05, 0) is 49.7 Å². The summed E-state index contributed by atoms with van der Waals surface area (Å²) >= 11 is 1.89. The number of carbonyl (C=O) groups is 1. The Kier molecular flexibility index (Phi) is 8.55. The van der Waals surface area contributed by atoms with Crippen molar-refractivity contribution in [1.29, 1.82) is 0 Å². The van der Waals surface area contributed by atoms with Crippen LogP contribution in [0.2, 0.25) is 0 Å². The molecule has 1 fully saturated rings. The summed E-state index contributed by atoms with van der Waals surface area (Å²) in [4.78, 5) is 12.0. The van der Waals surface area contributed by atoms with E-state index in [1.54, 1.807) is 0 Å². The van der Waals surface area contributed by atoms with Crippen molar-refractivity contribution in [2.75, 3.05) is 25.1 Å². The molecule has 0 radical (unpaired) electrons. The van der Waals surface area contributed by atoms with E-state index in [0.29, 0.717) is 13.0 Å². The standard InChI is InChI=1S/C15H30N2OS/c1-19-11-7-3-6-10-17-14(18)12-15(13-16)8-4-2-5-9-15/h2-13,16H2,1H3,(H,17,18). The van der Waals surface area contributed by atoms with Crippen molar-refractivity contribution < 1.29 is 4.79 Å². The maximum Gasteiger partial charge on any atom is 0.220 e. The molecule has 0 heterocycles. The molecule has 1 saturated carbocycles. The Morgan fingerprint density at radius 3 is 2.58 bits per heavy atom. The molecule has 0 bridgehead atoms. The van der Waals surface area contributed by atoms with E-state index in [4.69, 9.17) is 5.73 Å². The molecule has 0 aromatic heterocycles. The molecule has 19 heavy (non-hydrogen) atoms. The summed E-state index contributed by atoms with van der Waals surface area (Å²) in [5, 5.41) is 3.06. The van der Waals surface area contributed by atoms with Crippen molar-refractivity contribution in [3.05, 3.63) is 0 Å². The number of amides is 1. The van der Waals surface area contributed by atoms with Crippen molar-refractivity contribution in [3.8, 4) is 0 Å². The van der Waals surface area contributed by atoms with Gasteiger partial charge in [0.1, 0.15) is 0 Å². The van der Waals surface area contributed by atoms with Crippen LogP contribution in [0.1, 0.15) is 57.8 Å². The van der Waals surface area contributed by atoms with Crippen molar-refractivity contribution in [1.82, 2.24) is 5.32 Å². The summed E-state index contributed by atoms with van der Waals surface area (Å²) < 4.78 is 0. The highest BCUT2D eigenvalue weighted by molar-refractivity contribution is 7.98. The topological polar surface area (TPSA) is 55.1 Å². The first-order valence-electron chi connectivity index (χ1n) is 7.68. The van der Waals surface area contributed by atoms with Crippen LogP contribution in [0.4, 0.5) is 0 Å². The van der Waals surface area contributed by atoms with Crippen molar-refractivity contribution >= 4 is 17.7 Å². The fraction of sp³-hybridized carbons (Fsp3) is 0.933. The van der Waals surface area contributed by atoms with Crippen LogP contribution in [0.15, 0.2) is 0 Å². The minimum Gasteiger partial charge on any atom is -0.356 e. The van der Waals surface area contributed by atoms with Gasteiger partial charge in [0.25, 0.3) is 0 Å². The normalized spacial score (nSPS) is 18.2. The highest BCUT2D eigenvalue weighted by Crippen LogP contribution is 2.38. The summed E-state index contributed by atoms with van der Waals surface area (Å²) in [6, 6.07) is 0. The van der Waals surface area contributed by atoms with Crippen molar-refractivity contribution in [2.24, 2.45) is 11.1 Å². The minimum absolute atomic E-state index is 0.0984. The molecule has 112 valence electrons. The largest absolute Gasteiger partial charge is 0.356 e. The van der Waals surface area contributed by atoms with E-state index in [2.05, 4.69) is 11.6 Å². The van der Waals surface area contributed by atoms with Gasteiger partial charge in [-0.15, -0.1) is 0 Å². The summed E-state index contributed by atoms with van der Waals surface area (Å²) in [5.41, 5.74) is 6.01. The molecular formula is C15H30N2OS. The zero-order valence-electron chi connectivity index (χ0n) is 12.4. The van der Waals surface area contributed by atoms with Crippen LogP contribution in [0.25, 0.3) is 0 Å². The van der Waals surface area contributed by atoms with Gasteiger partial charge in [-0.1, -0.05) is 25.7 Å². The third-order valence-electron chi connectivity index (χ3n) is 4.23. The number of carbonyl (C=O) groups excluding carboxylic acids is 1. The molecule has 0 aromatic rings. The minimum atomic E-state index is 0.0984. The van der Waals surface area contributed by atoms with Crippen LogP contribution in [0, 0.1) is 5.41 Å². The molecular weight excluding hydrogens is 256 g/mol. The molecule has 4 heteroatoms. The zero-order valence-corrected chi connectivity index (χ0v) is 13.2. The van der Waals surface area contributed by atoms with Gasteiger partial charge in [0.15, 0.2) is 0 Å².